The predicted molar refractivity (Wildman–Crippen MR) is 72.4 cm³/mol. The highest BCUT2D eigenvalue weighted by molar-refractivity contribution is 6.34. The second-order valence-corrected chi connectivity index (χ2v) is 4.25. The molecule has 0 aliphatic heterocycles. The van der Waals surface area contributed by atoms with Crippen molar-refractivity contribution >= 4 is 17.5 Å². The van der Waals surface area contributed by atoms with Gasteiger partial charge in [0.25, 0.3) is 5.91 Å². The van der Waals surface area contributed by atoms with E-state index in [0.717, 1.165) is 0 Å². The molecule has 0 unspecified atom stereocenters. The average Bonchev–Trinajstić information content (AvgIpc) is 2.39. The number of aliphatic hydroxyl groups is 1. The molecule has 0 saturated carbocycles. The van der Waals surface area contributed by atoms with Crippen molar-refractivity contribution in [2.75, 3.05) is 0 Å². The fourth-order valence-corrected chi connectivity index (χ4v) is 1.94. The van der Waals surface area contributed by atoms with Gasteiger partial charge in [-0.25, -0.2) is 0 Å². The zero-order valence-corrected chi connectivity index (χ0v) is 10.7. The number of primary amides is 1. The van der Waals surface area contributed by atoms with Crippen LogP contribution in [0, 0.1) is 0 Å². The predicted octanol–water partition coefficient (Wildman–Crippen LogP) is 2.72. The zero-order valence-electron chi connectivity index (χ0n) is 9.97. The molecule has 2 aromatic rings. The minimum Gasteiger partial charge on any atom is -0.456 e. The maximum Gasteiger partial charge on any atom is 0.254 e. The van der Waals surface area contributed by atoms with Gasteiger partial charge in [0.2, 0.25) is 0 Å². The third-order valence-electron chi connectivity index (χ3n) is 2.58. The summed E-state index contributed by atoms with van der Waals surface area (Å²) in [6, 6.07) is 11.8. The van der Waals surface area contributed by atoms with Gasteiger partial charge in [-0.05, 0) is 18.2 Å². The molecular formula is C14H12ClNO3. The lowest BCUT2D eigenvalue weighted by atomic mass is 10.1. The van der Waals surface area contributed by atoms with Gasteiger partial charge in [-0.3, -0.25) is 4.79 Å². The van der Waals surface area contributed by atoms with Crippen LogP contribution in [0.25, 0.3) is 0 Å². The number of amides is 1. The molecule has 0 aliphatic rings. The topological polar surface area (TPSA) is 72.6 Å². The summed E-state index contributed by atoms with van der Waals surface area (Å²) in [6.07, 6.45) is 0. The lowest BCUT2D eigenvalue weighted by Crippen LogP contribution is -2.13. The Morgan fingerprint density at radius 1 is 1.16 bits per heavy atom. The van der Waals surface area contributed by atoms with Gasteiger partial charge < -0.3 is 15.6 Å². The van der Waals surface area contributed by atoms with Gasteiger partial charge in [-0.1, -0.05) is 35.9 Å². The molecule has 98 valence electrons. The molecule has 0 bridgehead atoms. The summed E-state index contributed by atoms with van der Waals surface area (Å²) in [5, 5.41) is 9.46. The van der Waals surface area contributed by atoms with Crippen LogP contribution in [-0.2, 0) is 6.61 Å². The Balaban J connectivity index is 2.44. The Morgan fingerprint density at radius 2 is 1.84 bits per heavy atom. The Hall–Kier alpha value is -2.04. The van der Waals surface area contributed by atoms with E-state index in [1.807, 2.05) is 0 Å². The third-order valence-corrected chi connectivity index (χ3v) is 2.90. The average molecular weight is 278 g/mol. The van der Waals surface area contributed by atoms with Crippen LogP contribution < -0.4 is 10.5 Å². The van der Waals surface area contributed by atoms with E-state index in [2.05, 4.69) is 0 Å². The molecule has 2 aromatic carbocycles. The molecule has 1 amide bonds. The minimum absolute atomic E-state index is 0.122. The van der Waals surface area contributed by atoms with Crippen LogP contribution in [0.3, 0.4) is 0 Å². The van der Waals surface area contributed by atoms with Gasteiger partial charge in [0.05, 0.1) is 11.6 Å². The second-order valence-electron chi connectivity index (χ2n) is 3.85. The number of aliphatic hydroxyl groups excluding tert-OH is 1. The normalized spacial score (nSPS) is 10.2. The first kappa shape index (κ1) is 13.4. The number of rotatable bonds is 4. The standard InChI is InChI=1S/C14H12ClNO3/c15-10-5-3-7-12(13(10)14(16)18)19-11-6-2-1-4-9(11)8-17/h1-7,17H,8H2,(H2,16,18). The molecule has 19 heavy (non-hydrogen) atoms. The van der Waals surface area contributed by atoms with Crippen LogP contribution in [0.4, 0.5) is 0 Å². The van der Waals surface area contributed by atoms with Gasteiger partial charge in [-0.2, -0.15) is 0 Å². The Labute approximate surface area is 115 Å². The molecule has 0 fully saturated rings. The summed E-state index contributed by atoms with van der Waals surface area (Å²) in [5.41, 5.74) is 6.02. The Morgan fingerprint density at radius 3 is 2.53 bits per heavy atom. The number of nitrogens with two attached hydrogens (primary N) is 1. The highest BCUT2D eigenvalue weighted by Crippen LogP contribution is 2.31. The van der Waals surface area contributed by atoms with Crippen molar-refractivity contribution in [3.8, 4) is 11.5 Å². The largest absolute Gasteiger partial charge is 0.456 e. The maximum absolute atomic E-state index is 11.4. The number of hydrogen-bond donors (Lipinski definition) is 2. The van der Waals surface area contributed by atoms with Crippen molar-refractivity contribution in [2.45, 2.75) is 6.61 Å². The minimum atomic E-state index is -0.665. The summed E-state index contributed by atoms with van der Waals surface area (Å²) in [5.74, 6) is 0.0535. The van der Waals surface area contributed by atoms with Crippen LogP contribution in [0.1, 0.15) is 15.9 Å². The monoisotopic (exact) mass is 277 g/mol. The van der Waals surface area contributed by atoms with Crippen LogP contribution in [0.15, 0.2) is 42.5 Å². The van der Waals surface area contributed by atoms with Crippen LogP contribution >= 0.6 is 11.6 Å². The number of benzene rings is 2. The SMILES string of the molecule is NC(=O)c1c(Cl)cccc1Oc1ccccc1CO. The zero-order chi connectivity index (χ0) is 13.8. The molecule has 2 rings (SSSR count). The van der Waals surface area contributed by atoms with E-state index < -0.39 is 5.91 Å². The van der Waals surface area contributed by atoms with Crippen molar-refractivity contribution in [3.05, 3.63) is 58.6 Å². The number of carbonyl (C=O) groups is 1. The molecule has 0 radical (unpaired) electrons. The van der Waals surface area contributed by atoms with Gasteiger partial charge in [-0.15, -0.1) is 0 Å². The first-order valence-corrected chi connectivity index (χ1v) is 5.96. The molecule has 0 saturated heterocycles. The van der Waals surface area contributed by atoms with E-state index in [1.54, 1.807) is 42.5 Å². The van der Waals surface area contributed by atoms with Crippen LogP contribution in [-0.4, -0.2) is 11.0 Å². The van der Waals surface area contributed by atoms with E-state index in [4.69, 9.17) is 22.1 Å². The summed E-state index contributed by atoms with van der Waals surface area (Å²) >= 11 is 5.93. The highest BCUT2D eigenvalue weighted by atomic mass is 35.5. The number of para-hydroxylation sites is 1. The van der Waals surface area contributed by atoms with Crippen molar-refractivity contribution in [1.29, 1.82) is 0 Å². The van der Waals surface area contributed by atoms with E-state index in [-0.39, 0.29) is 22.9 Å². The Bertz CT molecular complexity index is 613. The molecule has 0 aromatic heterocycles. The molecule has 0 aliphatic carbocycles. The van der Waals surface area contributed by atoms with Gasteiger partial charge in [0, 0.05) is 5.56 Å². The quantitative estimate of drug-likeness (QED) is 0.902. The first-order valence-electron chi connectivity index (χ1n) is 5.58. The van der Waals surface area contributed by atoms with Crippen molar-refractivity contribution in [1.82, 2.24) is 0 Å². The van der Waals surface area contributed by atoms with Gasteiger partial charge in [0.1, 0.15) is 17.1 Å². The summed E-state index contributed by atoms with van der Waals surface area (Å²) in [7, 11) is 0. The van der Waals surface area contributed by atoms with Gasteiger partial charge in [0.15, 0.2) is 0 Å². The second kappa shape index (κ2) is 5.73. The molecule has 0 atom stereocenters. The van der Waals surface area contributed by atoms with E-state index >= 15 is 0 Å². The fourth-order valence-electron chi connectivity index (χ4n) is 1.68. The molecule has 3 N–H and O–H groups in total. The van der Waals surface area contributed by atoms with Crippen LogP contribution in [0.5, 0.6) is 11.5 Å². The van der Waals surface area contributed by atoms with Crippen molar-refractivity contribution in [3.63, 3.8) is 0 Å². The third kappa shape index (κ3) is 2.86. The van der Waals surface area contributed by atoms with Crippen molar-refractivity contribution in [2.24, 2.45) is 5.73 Å². The lowest BCUT2D eigenvalue weighted by Gasteiger charge is -2.12. The first-order chi connectivity index (χ1) is 9.13. The molecule has 5 heteroatoms. The summed E-state index contributed by atoms with van der Waals surface area (Å²) in [4.78, 5) is 11.4. The van der Waals surface area contributed by atoms with E-state index in [9.17, 15) is 9.90 Å². The molecule has 0 spiro atoms. The number of halogens is 1. The lowest BCUT2D eigenvalue weighted by molar-refractivity contribution is 0.0998. The smallest absolute Gasteiger partial charge is 0.254 e. The summed E-state index contributed by atoms with van der Waals surface area (Å²) in [6.45, 7) is -0.164. The molecule has 0 heterocycles. The molecular weight excluding hydrogens is 266 g/mol. The maximum atomic E-state index is 11.4. The number of hydrogen-bond acceptors (Lipinski definition) is 3. The Kier molecular flexibility index (Phi) is 4.04. The van der Waals surface area contributed by atoms with E-state index in [0.29, 0.717) is 11.3 Å². The number of ether oxygens (including phenoxy) is 1. The fraction of sp³-hybridized carbons (Fsp3) is 0.0714. The van der Waals surface area contributed by atoms with Crippen LogP contribution in [0.2, 0.25) is 5.02 Å². The van der Waals surface area contributed by atoms with Gasteiger partial charge >= 0.3 is 0 Å². The number of carbonyl (C=O) groups excluding carboxylic acids is 1. The van der Waals surface area contributed by atoms with E-state index in [1.165, 1.54) is 0 Å². The highest BCUT2D eigenvalue weighted by Gasteiger charge is 2.15. The molecule has 4 nitrogen and oxygen atoms in total. The van der Waals surface area contributed by atoms with Crippen molar-refractivity contribution < 1.29 is 14.6 Å². The summed E-state index contributed by atoms with van der Waals surface area (Å²) < 4.78 is 5.63.